The van der Waals surface area contributed by atoms with Gasteiger partial charge in [0.25, 0.3) is 0 Å². The highest BCUT2D eigenvalue weighted by Crippen LogP contribution is 2.28. The van der Waals surface area contributed by atoms with Crippen LogP contribution in [0.2, 0.25) is 5.02 Å². The SMILES string of the molecule is COC(C)(C)CC(C)Nc1c(F)cc(F)cc1Cl. The molecular formula is C13H18ClF2NO. The lowest BCUT2D eigenvalue weighted by molar-refractivity contribution is 0.0128. The van der Waals surface area contributed by atoms with E-state index in [0.717, 1.165) is 12.1 Å². The predicted molar refractivity (Wildman–Crippen MR) is 70.2 cm³/mol. The summed E-state index contributed by atoms with van der Waals surface area (Å²) in [6, 6.07) is 1.83. The second-order valence-electron chi connectivity index (χ2n) is 4.96. The average molecular weight is 278 g/mol. The van der Waals surface area contributed by atoms with Gasteiger partial charge in [-0.15, -0.1) is 0 Å². The number of methoxy groups -OCH3 is 1. The fraction of sp³-hybridized carbons (Fsp3) is 0.538. The lowest BCUT2D eigenvalue weighted by atomic mass is 9.99. The monoisotopic (exact) mass is 277 g/mol. The fourth-order valence-corrected chi connectivity index (χ4v) is 2.05. The van der Waals surface area contributed by atoms with Gasteiger partial charge >= 0.3 is 0 Å². The summed E-state index contributed by atoms with van der Waals surface area (Å²) in [7, 11) is 1.62. The summed E-state index contributed by atoms with van der Waals surface area (Å²) in [4.78, 5) is 0. The Hall–Kier alpha value is -0.870. The van der Waals surface area contributed by atoms with Crippen LogP contribution in [0.3, 0.4) is 0 Å². The van der Waals surface area contributed by atoms with E-state index in [-0.39, 0.29) is 22.4 Å². The van der Waals surface area contributed by atoms with Gasteiger partial charge in [-0.2, -0.15) is 0 Å². The Morgan fingerprint density at radius 3 is 2.50 bits per heavy atom. The maximum absolute atomic E-state index is 13.6. The molecule has 1 atom stereocenters. The van der Waals surface area contributed by atoms with Gasteiger partial charge in [-0.25, -0.2) is 8.78 Å². The molecule has 0 spiro atoms. The molecule has 0 amide bonds. The number of nitrogens with one attached hydrogen (secondary N) is 1. The van der Waals surface area contributed by atoms with Crippen LogP contribution in [0.5, 0.6) is 0 Å². The standard InChI is InChI=1S/C13H18ClF2NO/c1-8(7-13(2,3)18-4)17-12-10(14)5-9(15)6-11(12)16/h5-6,8,17H,7H2,1-4H3. The Morgan fingerprint density at radius 2 is 2.00 bits per heavy atom. The van der Waals surface area contributed by atoms with E-state index < -0.39 is 11.6 Å². The highest BCUT2D eigenvalue weighted by Gasteiger charge is 2.21. The largest absolute Gasteiger partial charge is 0.379 e. The maximum atomic E-state index is 13.6. The molecule has 0 fully saturated rings. The van der Waals surface area contributed by atoms with Crippen molar-refractivity contribution in [2.45, 2.75) is 38.8 Å². The Morgan fingerprint density at radius 1 is 1.39 bits per heavy atom. The molecule has 1 aromatic rings. The van der Waals surface area contributed by atoms with Crippen LogP contribution in [0.4, 0.5) is 14.5 Å². The molecule has 1 N–H and O–H groups in total. The molecule has 0 aliphatic rings. The Labute approximate surface area is 111 Å². The summed E-state index contributed by atoms with van der Waals surface area (Å²) in [5.74, 6) is -1.38. The molecule has 1 aromatic carbocycles. The molecule has 0 saturated carbocycles. The molecule has 18 heavy (non-hydrogen) atoms. The molecule has 0 aromatic heterocycles. The summed E-state index contributed by atoms with van der Waals surface area (Å²) < 4.78 is 31.8. The molecule has 5 heteroatoms. The third kappa shape index (κ3) is 4.10. The van der Waals surface area contributed by atoms with Crippen LogP contribution in [-0.4, -0.2) is 18.8 Å². The molecule has 0 bridgehead atoms. The molecule has 0 heterocycles. The normalized spacial score (nSPS) is 13.5. The minimum atomic E-state index is -0.693. The van der Waals surface area contributed by atoms with Crippen molar-refractivity contribution >= 4 is 17.3 Å². The van der Waals surface area contributed by atoms with Crippen LogP contribution in [0.15, 0.2) is 12.1 Å². The number of halogens is 3. The number of hydrogen-bond acceptors (Lipinski definition) is 2. The van der Waals surface area contributed by atoms with E-state index in [2.05, 4.69) is 5.32 Å². The van der Waals surface area contributed by atoms with Crippen LogP contribution in [-0.2, 0) is 4.74 Å². The summed E-state index contributed by atoms with van der Waals surface area (Å²) >= 11 is 5.81. The predicted octanol–water partition coefficient (Wildman–Crippen LogP) is 4.23. The molecular weight excluding hydrogens is 260 g/mol. The summed E-state index contributed by atoms with van der Waals surface area (Å²) in [6.45, 7) is 5.77. The zero-order valence-electron chi connectivity index (χ0n) is 11.0. The first kappa shape index (κ1) is 15.2. The summed E-state index contributed by atoms with van der Waals surface area (Å²) in [5, 5.41) is 2.98. The Kier molecular flexibility index (Phi) is 4.93. The third-order valence-electron chi connectivity index (χ3n) is 2.75. The molecule has 0 aliphatic heterocycles. The summed E-state index contributed by atoms with van der Waals surface area (Å²) in [6.07, 6.45) is 0.663. The number of ether oxygens (including phenoxy) is 1. The van der Waals surface area contributed by atoms with Crippen molar-refractivity contribution in [3.05, 3.63) is 28.8 Å². The van der Waals surface area contributed by atoms with E-state index in [1.807, 2.05) is 20.8 Å². The Bertz CT molecular complexity index is 400. The van der Waals surface area contributed by atoms with Crippen LogP contribution in [0.1, 0.15) is 27.2 Å². The number of anilines is 1. The van der Waals surface area contributed by atoms with Crippen LogP contribution in [0.25, 0.3) is 0 Å². The number of benzene rings is 1. The van der Waals surface area contributed by atoms with Crippen molar-refractivity contribution in [1.82, 2.24) is 0 Å². The van der Waals surface area contributed by atoms with Crippen molar-refractivity contribution in [3.8, 4) is 0 Å². The van der Waals surface area contributed by atoms with E-state index in [4.69, 9.17) is 16.3 Å². The van der Waals surface area contributed by atoms with Crippen molar-refractivity contribution in [1.29, 1.82) is 0 Å². The minimum absolute atomic E-state index is 0.0366. The van der Waals surface area contributed by atoms with Crippen molar-refractivity contribution in [2.75, 3.05) is 12.4 Å². The molecule has 0 radical (unpaired) electrons. The molecule has 2 nitrogen and oxygen atoms in total. The van der Waals surface area contributed by atoms with Crippen LogP contribution in [0, 0.1) is 11.6 Å². The lowest BCUT2D eigenvalue weighted by Gasteiger charge is -2.28. The van der Waals surface area contributed by atoms with Gasteiger partial charge in [-0.1, -0.05) is 11.6 Å². The van der Waals surface area contributed by atoms with Crippen molar-refractivity contribution < 1.29 is 13.5 Å². The smallest absolute Gasteiger partial charge is 0.150 e. The van der Waals surface area contributed by atoms with Gasteiger partial charge in [0.1, 0.15) is 5.82 Å². The van der Waals surface area contributed by atoms with Gasteiger partial charge in [0.15, 0.2) is 5.82 Å². The number of rotatable bonds is 5. The van der Waals surface area contributed by atoms with E-state index in [1.165, 1.54) is 0 Å². The topological polar surface area (TPSA) is 21.3 Å². The van der Waals surface area contributed by atoms with Gasteiger partial charge in [0.2, 0.25) is 0 Å². The quantitative estimate of drug-likeness (QED) is 0.869. The first-order chi connectivity index (χ1) is 8.25. The van der Waals surface area contributed by atoms with Crippen LogP contribution >= 0.6 is 11.6 Å². The van der Waals surface area contributed by atoms with Crippen molar-refractivity contribution in [2.24, 2.45) is 0 Å². The van der Waals surface area contributed by atoms with E-state index in [0.29, 0.717) is 6.42 Å². The molecule has 1 rings (SSSR count). The first-order valence-corrected chi connectivity index (χ1v) is 6.09. The minimum Gasteiger partial charge on any atom is -0.379 e. The molecule has 1 unspecified atom stereocenters. The van der Waals surface area contributed by atoms with Gasteiger partial charge in [0.05, 0.1) is 16.3 Å². The van der Waals surface area contributed by atoms with Gasteiger partial charge < -0.3 is 10.1 Å². The number of hydrogen-bond donors (Lipinski definition) is 1. The zero-order valence-corrected chi connectivity index (χ0v) is 11.7. The first-order valence-electron chi connectivity index (χ1n) is 5.71. The second kappa shape index (κ2) is 5.85. The third-order valence-corrected chi connectivity index (χ3v) is 3.05. The highest BCUT2D eigenvalue weighted by atomic mass is 35.5. The molecule has 0 aliphatic carbocycles. The van der Waals surface area contributed by atoms with Gasteiger partial charge in [-0.3, -0.25) is 0 Å². The molecule has 102 valence electrons. The van der Waals surface area contributed by atoms with Crippen LogP contribution < -0.4 is 5.32 Å². The van der Waals surface area contributed by atoms with E-state index >= 15 is 0 Å². The fourth-order valence-electron chi connectivity index (χ4n) is 1.80. The lowest BCUT2D eigenvalue weighted by Crippen LogP contribution is -2.31. The average Bonchev–Trinajstić information content (AvgIpc) is 2.22. The Balaban J connectivity index is 2.79. The van der Waals surface area contributed by atoms with Crippen molar-refractivity contribution in [3.63, 3.8) is 0 Å². The highest BCUT2D eigenvalue weighted by molar-refractivity contribution is 6.33. The second-order valence-corrected chi connectivity index (χ2v) is 5.36. The maximum Gasteiger partial charge on any atom is 0.150 e. The molecule has 0 saturated heterocycles. The van der Waals surface area contributed by atoms with Gasteiger partial charge in [0, 0.05) is 19.2 Å². The van der Waals surface area contributed by atoms with Gasteiger partial charge in [-0.05, 0) is 33.3 Å². The van der Waals surface area contributed by atoms with E-state index in [9.17, 15) is 8.78 Å². The zero-order chi connectivity index (χ0) is 13.9. The van der Waals surface area contributed by atoms with E-state index in [1.54, 1.807) is 7.11 Å². The summed E-state index contributed by atoms with van der Waals surface area (Å²) in [5.41, 5.74) is -0.201.